The molecule has 1 heterocycles. The second-order valence-corrected chi connectivity index (χ2v) is 4.90. The fourth-order valence-electron chi connectivity index (χ4n) is 1.99. The van der Waals surface area contributed by atoms with Gasteiger partial charge in [-0.1, -0.05) is 47.5 Å². The maximum absolute atomic E-state index is 12.0. The minimum absolute atomic E-state index is 0.386. The van der Waals surface area contributed by atoms with Crippen molar-refractivity contribution in [2.75, 3.05) is 0 Å². The predicted molar refractivity (Wildman–Crippen MR) is 77.9 cm³/mol. The molecule has 0 unspecified atom stereocenters. The van der Waals surface area contributed by atoms with Gasteiger partial charge in [0.2, 0.25) is 0 Å². The van der Waals surface area contributed by atoms with Crippen LogP contribution in [-0.4, -0.2) is 0 Å². The zero-order chi connectivity index (χ0) is 13.4. The van der Waals surface area contributed by atoms with E-state index in [-0.39, 0.29) is 0 Å². The number of fused-ring (bicyclic) bond motifs is 1. The highest BCUT2D eigenvalue weighted by Crippen LogP contribution is 2.29. The lowest BCUT2D eigenvalue weighted by molar-refractivity contribution is 0.535. The highest BCUT2D eigenvalue weighted by atomic mass is 35.5. The highest BCUT2D eigenvalue weighted by molar-refractivity contribution is 6.35. The quantitative estimate of drug-likeness (QED) is 0.646. The lowest BCUT2D eigenvalue weighted by atomic mass is 10.1. The molecule has 0 saturated carbocycles. The zero-order valence-electron chi connectivity index (χ0n) is 9.69. The molecule has 0 saturated heterocycles. The molecule has 2 aromatic carbocycles. The van der Waals surface area contributed by atoms with Crippen LogP contribution in [0.3, 0.4) is 0 Å². The summed E-state index contributed by atoms with van der Waals surface area (Å²) in [6.45, 7) is 0. The van der Waals surface area contributed by atoms with Crippen molar-refractivity contribution in [3.05, 3.63) is 69.0 Å². The van der Waals surface area contributed by atoms with Gasteiger partial charge in [-0.3, -0.25) is 0 Å². The van der Waals surface area contributed by atoms with Crippen LogP contribution in [0.5, 0.6) is 0 Å². The van der Waals surface area contributed by atoms with E-state index < -0.39 is 5.63 Å². The Morgan fingerprint density at radius 2 is 1.63 bits per heavy atom. The molecule has 94 valence electrons. The van der Waals surface area contributed by atoms with Crippen LogP contribution in [0.15, 0.2) is 57.7 Å². The summed E-state index contributed by atoms with van der Waals surface area (Å²) < 4.78 is 5.31. The van der Waals surface area contributed by atoms with Gasteiger partial charge in [-0.2, -0.15) is 0 Å². The van der Waals surface area contributed by atoms with Crippen LogP contribution in [0.2, 0.25) is 10.0 Å². The molecule has 0 atom stereocenters. The van der Waals surface area contributed by atoms with Crippen LogP contribution in [0.4, 0.5) is 0 Å². The molecule has 0 bridgehead atoms. The molecule has 0 radical (unpaired) electrons. The van der Waals surface area contributed by atoms with E-state index in [2.05, 4.69) is 0 Å². The van der Waals surface area contributed by atoms with E-state index in [9.17, 15) is 4.79 Å². The summed E-state index contributed by atoms with van der Waals surface area (Å²) in [4.78, 5) is 12.0. The van der Waals surface area contributed by atoms with Crippen LogP contribution in [-0.2, 0) is 0 Å². The topological polar surface area (TPSA) is 30.2 Å². The Balaban J connectivity index is 2.34. The van der Waals surface area contributed by atoms with E-state index in [0.29, 0.717) is 26.8 Å². The molecule has 2 nitrogen and oxygen atoms in total. The molecule has 0 fully saturated rings. The predicted octanol–water partition coefficient (Wildman–Crippen LogP) is 4.77. The molecule has 0 spiro atoms. The van der Waals surface area contributed by atoms with Crippen LogP contribution < -0.4 is 5.63 Å². The lowest BCUT2D eigenvalue weighted by Crippen LogP contribution is -2.01. The largest absolute Gasteiger partial charge is 0.422 e. The van der Waals surface area contributed by atoms with Gasteiger partial charge in [-0.05, 0) is 29.7 Å². The van der Waals surface area contributed by atoms with E-state index >= 15 is 0 Å². The zero-order valence-corrected chi connectivity index (χ0v) is 11.2. The van der Waals surface area contributed by atoms with E-state index in [1.54, 1.807) is 30.3 Å². The van der Waals surface area contributed by atoms with Gasteiger partial charge in [0.05, 0.1) is 15.4 Å². The molecule has 19 heavy (non-hydrogen) atoms. The summed E-state index contributed by atoms with van der Waals surface area (Å²) in [7, 11) is 0. The third kappa shape index (κ3) is 2.14. The van der Waals surface area contributed by atoms with Crippen molar-refractivity contribution < 1.29 is 4.42 Å². The first-order valence-electron chi connectivity index (χ1n) is 5.64. The molecule has 0 N–H and O–H groups in total. The summed E-state index contributed by atoms with van der Waals surface area (Å²) in [6, 6.07) is 14.3. The first-order valence-corrected chi connectivity index (χ1v) is 6.39. The van der Waals surface area contributed by atoms with E-state index in [0.717, 1.165) is 5.39 Å². The Hall–Kier alpha value is -1.77. The second-order valence-electron chi connectivity index (χ2n) is 4.08. The van der Waals surface area contributed by atoms with Gasteiger partial charge in [-0.15, -0.1) is 0 Å². The van der Waals surface area contributed by atoms with Gasteiger partial charge >= 0.3 is 5.63 Å². The van der Waals surface area contributed by atoms with Crippen molar-refractivity contribution in [2.24, 2.45) is 0 Å². The molecule has 3 rings (SSSR count). The Bertz CT molecular complexity index is 822. The minimum atomic E-state index is -0.460. The summed E-state index contributed by atoms with van der Waals surface area (Å²) >= 11 is 12.1. The third-order valence-electron chi connectivity index (χ3n) is 2.88. The first kappa shape index (κ1) is 12.3. The van der Waals surface area contributed by atoms with E-state index in [4.69, 9.17) is 27.6 Å². The van der Waals surface area contributed by atoms with Gasteiger partial charge in [-0.25, -0.2) is 4.79 Å². The molecule has 1 aromatic heterocycles. The maximum Gasteiger partial charge on any atom is 0.345 e. The fraction of sp³-hybridized carbons (Fsp3) is 0. The summed E-state index contributed by atoms with van der Waals surface area (Å²) in [6.07, 6.45) is 0. The van der Waals surface area contributed by atoms with Gasteiger partial charge in [0.1, 0.15) is 5.76 Å². The summed E-state index contributed by atoms with van der Waals surface area (Å²) in [5.41, 5.74) is 0.223. The van der Waals surface area contributed by atoms with Gasteiger partial charge < -0.3 is 4.42 Å². The highest BCUT2D eigenvalue weighted by Gasteiger charge is 2.11. The van der Waals surface area contributed by atoms with Gasteiger partial charge in [0.15, 0.2) is 0 Å². The molecule has 0 amide bonds. The van der Waals surface area contributed by atoms with E-state index in [1.807, 2.05) is 18.2 Å². The summed E-state index contributed by atoms with van der Waals surface area (Å²) in [5, 5.41) is 2.04. The SMILES string of the molecule is O=c1oc(-c2ccccc2Cl)cc2cccc(Cl)c12. The maximum atomic E-state index is 12.0. The van der Waals surface area contributed by atoms with Crippen LogP contribution in [0.1, 0.15) is 0 Å². The average Bonchev–Trinajstić information content (AvgIpc) is 2.39. The van der Waals surface area contributed by atoms with Gasteiger partial charge in [0, 0.05) is 5.56 Å². The first-order chi connectivity index (χ1) is 9.16. The number of rotatable bonds is 1. The van der Waals surface area contributed by atoms with Crippen molar-refractivity contribution in [1.82, 2.24) is 0 Å². The number of benzene rings is 2. The van der Waals surface area contributed by atoms with Crippen LogP contribution >= 0.6 is 23.2 Å². The second kappa shape index (κ2) is 4.72. The standard InChI is InChI=1S/C15H8Cl2O2/c16-11-6-2-1-5-10(11)13-8-9-4-3-7-12(17)14(9)15(18)19-13/h1-8H. The molecule has 0 aliphatic rings. The minimum Gasteiger partial charge on any atom is -0.422 e. The lowest BCUT2D eigenvalue weighted by Gasteiger charge is -2.05. The number of halogens is 2. The molecular weight excluding hydrogens is 283 g/mol. The molecule has 3 aromatic rings. The molecule has 0 aliphatic carbocycles. The van der Waals surface area contributed by atoms with Gasteiger partial charge in [0.25, 0.3) is 0 Å². The van der Waals surface area contributed by atoms with Crippen molar-refractivity contribution in [3.8, 4) is 11.3 Å². The third-order valence-corrected chi connectivity index (χ3v) is 3.52. The van der Waals surface area contributed by atoms with Crippen molar-refractivity contribution in [1.29, 1.82) is 0 Å². The van der Waals surface area contributed by atoms with Crippen molar-refractivity contribution in [3.63, 3.8) is 0 Å². The Morgan fingerprint density at radius 1 is 0.895 bits per heavy atom. The Kier molecular flexibility index (Phi) is 3.05. The Labute approximate surface area is 119 Å². The molecule has 4 heteroatoms. The smallest absolute Gasteiger partial charge is 0.345 e. The van der Waals surface area contributed by atoms with Crippen LogP contribution in [0, 0.1) is 0 Å². The Morgan fingerprint density at radius 3 is 2.42 bits per heavy atom. The fourth-order valence-corrected chi connectivity index (χ4v) is 2.48. The monoisotopic (exact) mass is 290 g/mol. The van der Waals surface area contributed by atoms with E-state index in [1.165, 1.54) is 0 Å². The number of hydrogen-bond donors (Lipinski definition) is 0. The molecule has 0 aliphatic heterocycles. The number of hydrogen-bond acceptors (Lipinski definition) is 2. The molecular formula is C15H8Cl2O2. The van der Waals surface area contributed by atoms with Crippen molar-refractivity contribution in [2.45, 2.75) is 0 Å². The normalized spacial score (nSPS) is 10.8. The summed E-state index contributed by atoms with van der Waals surface area (Å²) in [5.74, 6) is 0.436. The van der Waals surface area contributed by atoms with Crippen molar-refractivity contribution >= 4 is 34.0 Å². The van der Waals surface area contributed by atoms with Crippen LogP contribution in [0.25, 0.3) is 22.1 Å². The average molecular weight is 291 g/mol.